The van der Waals surface area contributed by atoms with Crippen LogP contribution >= 0.6 is 22.7 Å². The second kappa shape index (κ2) is 14.9. The molecular weight excluding hydrogens is 653 g/mol. The zero-order valence-corrected chi connectivity index (χ0v) is 35.1. The fraction of sp³-hybridized carbons (Fsp3) is 0.592. The van der Waals surface area contributed by atoms with Gasteiger partial charge in [0.25, 0.3) is 0 Å². The third-order valence-electron chi connectivity index (χ3n) is 13.6. The van der Waals surface area contributed by atoms with Crippen molar-refractivity contribution in [3.8, 4) is 32.7 Å². The van der Waals surface area contributed by atoms with E-state index in [1.807, 2.05) is 0 Å². The Balaban J connectivity index is 1.54. The average molecular weight is 719 g/mol. The molecule has 0 amide bonds. The highest BCUT2D eigenvalue weighted by Crippen LogP contribution is 2.65. The lowest BCUT2D eigenvalue weighted by Gasteiger charge is -2.35. The summed E-state index contributed by atoms with van der Waals surface area (Å²) < 4.78 is 0. The average Bonchev–Trinajstić information content (AvgIpc) is 3.89. The second-order valence-electron chi connectivity index (χ2n) is 17.0. The molecule has 2 heterocycles. The first-order valence-corrected chi connectivity index (χ1v) is 23.0. The Hall–Kier alpha value is -2.16. The molecule has 0 saturated heterocycles. The van der Waals surface area contributed by atoms with Crippen molar-refractivity contribution in [2.75, 3.05) is 0 Å². The molecule has 7 rings (SSSR count). The molecule has 274 valence electrons. The predicted molar refractivity (Wildman–Crippen MR) is 227 cm³/mol. The van der Waals surface area contributed by atoms with E-state index in [0.717, 1.165) is 0 Å². The van der Waals surface area contributed by atoms with E-state index in [-0.39, 0.29) is 16.2 Å². The number of unbranched alkanes of at least 4 members (excludes halogenated alkanes) is 6. The Labute approximate surface area is 319 Å². The van der Waals surface area contributed by atoms with Crippen LogP contribution < -0.4 is 0 Å². The van der Waals surface area contributed by atoms with Crippen LogP contribution in [0.25, 0.3) is 32.7 Å². The standard InChI is InChI=1S/C49H66S2/c1-9-15-21-47(22-16-10-2)40-31-37-38-27-33(7)51-46(38)49(25-19-13-5,26-20-14-6)42(37)29-35(40)36-30-43-39(32-41(36)47)45-44(28-34(8)50-45)48(43,23-17-11-3)24-18-12-4/h27-32H,9-26H2,1-8H3. The molecule has 2 aromatic heterocycles. The van der Waals surface area contributed by atoms with E-state index in [2.05, 4.69) is 114 Å². The minimum Gasteiger partial charge on any atom is -0.144 e. The van der Waals surface area contributed by atoms with Gasteiger partial charge in [0, 0.05) is 35.8 Å². The molecule has 0 radical (unpaired) electrons. The van der Waals surface area contributed by atoms with Crippen LogP contribution in [0.5, 0.6) is 0 Å². The van der Waals surface area contributed by atoms with Gasteiger partial charge in [-0.25, -0.2) is 0 Å². The van der Waals surface area contributed by atoms with Crippen molar-refractivity contribution in [3.05, 3.63) is 78.8 Å². The van der Waals surface area contributed by atoms with Crippen LogP contribution in [-0.2, 0) is 16.2 Å². The summed E-state index contributed by atoms with van der Waals surface area (Å²) in [5.74, 6) is 0. The molecule has 51 heavy (non-hydrogen) atoms. The lowest BCUT2D eigenvalue weighted by atomic mass is 9.68. The fourth-order valence-electron chi connectivity index (χ4n) is 11.0. The summed E-state index contributed by atoms with van der Waals surface area (Å²) in [6.07, 6.45) is 23.0. The number of hydrogen-bond donors (Lipinski definition) is 0. The maximum atomic E-state index is 2.82. The Morgan fingerprint density at radius 1 is 0.373 bits per heavy atom. The van der Waals surface area contributed by atoms with Crippen molar-refractivity contribution in [1.82, 2.24) is 0 Å². The maximum absolute atomic E-state index is 2.82. The van der Waals surface area contributed by atoms with E-state index >= 15 is 0 Å². The van der Waals surface area contributed by atoms with Gasteiger partial charge in [0.1, 0.15) is 0 Å². The van der Waals surface area contributed by atoms with Gasteiger partial charge in [-0.1, -0.05) is 119 Å². The van der Waals surface area contributed by atoms with E-state index in [4.69, 9.17) is 0 Å². The van der Waals surface area contributed by atoms with E-state index in [0.29, 0.717) is 0 Å². The molecule has 0 aliphatic heterocycles. The highest BCUT2D eigenvalue weighted by atomic mass is 32.1. The third kappa shape index (κ3) is 5.78. The molecule has 0 bridgehead atoms. The highest BCUT2D eigenvalue weighted by molar-refractivity contribution is 7.15. The van der Waals surface area contributed by atoms with Gasteiger partial charge in [-0.2, -0.15) is 0 Å². The number of rotatable bonds is 18. The molecule has 0 spiro atoms. The van der Waals surface area contributed by atoms with Crippen LogP contribution in [0.15, 0.2) is 36.4 Å². The van der Waals surface area contributed by atoms with Gasteiger partial charge in [0.05, 0.1) is 0 Å². The predicted octanol–water partition coefficient (Wildman–Crippen LogP) is 16.4. The molecule has 0 N–H and O–H groups in total. The zero-order chi connectivity index (χ0) is 36.0. The molecule has 2 aromatic carbocycles. The van der Waals surface area contributed by atoms with Gasteiger partial charge < -0.3 is 0 Å². The quantitative estimate of drug-likeness (QED) is 0.0961. The Morgan fingerprint density at radius 3 is 1.20 bits per heavy atom. The van der Waals surface area contributed by atoms with Crippen molar-refractivity contribution in [2.45, 2.75) is 187 Å². The number of benzene rings is 2. The van der Waals surface area contributed by atoms with Gasteiger partial charge >= 0.3 is 0 Å². The van der Waals surface area contributed by atoms with Crippen LogP contribution in [0.1, 0.15) is 200 Å². The third-order valence-corrected chi connectivity index (χ3v) is 15.9. The van der Waals surface area contributed by atoms with Crippen LogP contribution in [-0.4, -0.2) is 0 Å². The minimum absolute atomic E-state index is 0.0919. The van der Waals surface area contributed by atoms with E-state index in [1.165, 1.54) is 125 Å². The van der Waals surface area contributed by atoms with Crippen LogP contribution in [0, 0.1) is 13.8 Å². The smallest absolute Gasteiger partial charge is 0.0389 e. The molecule has 0 nitrogen and oxygen atoms in total. The van der Waals surface area contributed by atoms with Crippen LogP contribution in [0.3, 0.4) is 0 Å². The topological polar surface area (TPSA) is 0 Å². The van der Waals surface area contributed by atoms with Gasteiger partial charge in [-0.3, -0.25) is 0 Å². The molecule has 2 heteroatoms. The van der Waals surface area contributed by atoms with Gasteiger partial charge in [0.2, 0.25) is 0 Å². The van der Waals surface area contributed by atoms with Crippen molar-refractivity contribution in [1.29, 1.82) is 0 Å². The first kappa shape index (κ1) is 37.2. The fourth-order valence-corrected chi connectivity index (χ4v) is 13.4. The van der Waals surface area contributed by atoms with E-state index in [9.17, 15) is 0 Å². The number of aryl methyl sites for hydroxylation is 2. The monoisotopic (exact) mass is 718 g/mol. The molecule has 3 aliphatic carbocycles. The molecule has 3 aliphatic rings. The molecule has 0 unspecified atom stereocenters. The summed E-state index contributed by atoms with van der Waals surface area (Å²) in [6, 6.07) is 16.4. The van der Waals surface area contributed by atoms with E-state index in [1.54, 1.807) is 65.4 Å². The number of hydrogen-bond acceptors (Lipinski definition) is 2. The van der Waals surface area contributed by atoms with E-state index < -0.39 is 0 Å². The Kier molecular flexibility index (Phi) is 10.9. The Morgan fingerprint density at radius 2 is 0.725 bits per heavy atom. The summed E-state index contributed by atoms with van der Waals surface area (Å²) in [7, 11) is 0. The Bertz CT molecular complexity index is 1710. The second-order valence-corrected chi connectivity index (χ2v) is 19.5. The van der Waals surface area contributed by atoms with Crippen molar-refractivity contribution in [2.24, 2.45) is 0 Å². The van der Waals surface area contributed by atoms with Crippen LogP contribution in [0.2, 0.25) is 0 Å². The summed E-state index contributed by atoms with van der Waals surface area (Å²) in [4.78, 5) is 6.28. The molecule has 0 saturated carbocycles. The summed E-state index contributed by atoms with van der Waals surface area (Å²) in [5, 5.41) is 0. The lowest BCUT2D eigenvalue weighted by Crippen LogP contribution is -2.27. The molecule has 4 aromatic rings. The molecular formula is C49H66S2. The largest absolute Gasteiger partial charge is 0.144 e. The SMILES string of the molecule is CCCCC1(CCCC)c2cc3c(cc2-c2cc4c(cc21)-c1cc(C)sc1C4(CCCC)CCCC)C(CCCC)(CCCC)c1cc(C)sc1-3. The van der Waals surface area contributed by atoms with Gasteiger partial charge in [-0.15, -0.1) is 22.7 Å². The first-order valence-electron chi connectivity index (χ1n) is 21.4. The minimum atomic E-state index is 0.0919. The van der Waals surface area contributed by atoms with Crippen LogP contribution in [0.4, 0.5) is 0 Å². The maximum Gasteiger partial charge on any atom is 0.0389 e. The zero-order valence-electron chi connectivity index (χ0n) is 33.5. The number of thiophene rings is 2. The van der Waals surface area contributed by atoms with Crippen molar-refractivity contribution < 1.29 is 0 Å². The summed E-state index contributed by atoms with van der Waals surface area (Å²) in [6.45, 7) is 19.1. The normalized spacial score (nSPS) is 16.5. The van der Waals surface area contributed by atoms with Gasteiger partial charge in [-0.05, 0) is 144 Å². The van der Waals surface area contributed by atoms with Crippen molar-refractivity contribution >= 4 is 22.7 Å². The molecule has 0 atom stereocenters. The lowest BCUT2D eigenvalue weighted by molar-refractivity contribution is 0.410. The van der Waals surface area contributed by atoms with Gasteiger partial charge in [0.15, 0.2) is 0 Å². The number of fused-ring (bicyclic) bond motifs is 9. The molecule has 0 fully saturated rings. The summed E-state index contributed by atoms with van der Waals surface area (Å²) in [5.41, 5.74) is 16.8. The highest BCUT2D eigenvalue weighted by Gasteiger charge is 2.51. The summed E-state index contributed by atoms with van der Waals surface area (Å²) >= 11 is 4.20. The first-order chi connectivity index (χ1) is 24.8. The van der Waals surface area contributed by atoms with Crippen molar-refractivity contribution in [3.63, 3.8) is 0 Å².